The van der Waals surface area contributed by atoms with Gasteiger partial charge in [-0.2, -0.15) is 0 Å². The average Bonchev–Trinajstić information content (AvgIpc) is 2.30. The van der Waals surface area contributed by atoms with Crippen LogP contribution in [0.2, 0.25) is 10.0 Å². The van der Waals surface area contributed by atoms with Crippen molar-refractivity contribution in [1.82, 2.24) is 0 Å². The van der Waals surface area contributed by atoms with Crippen LogP contribution in [-0.4, -0.2) is 10.2 Å². The van der Waals surface area contributed by atoms with E-state index >= 15 is 0 Å². The highest BCUT2D eigenvalue weighted by molar-refractivity contribution is 6.35. The smallest absolute Gasteiger partial charge is 0.121 e. The highest BCUT2D eigenvalue weighted by Gasteiger charge is 2.11. The molecule has 0 aliphatic heterocycles. The highest BCUT2D eigenvalue weighted by Crippen LogP contribution is 2.31. The lowest BCUT2D eigenvalue weighted by Crippen LogP contribution is -2.06. The highest BCUT2D eigenvalue weighted by atomic mass is 35.5. The molecule has 0 aromatic heterocycles. The minimum atomic E-state index is -0.207. The summed E-state index contributed by atoms with van der Waals surface area (Å²) in [5.74, 6) is 0.219. The molecule has 2 aromatic rings. The molecule has 0 fully saturated rings. The molecular weight excluding hydrogens is 285 g/mol. The Labute approximate surface area is 121 Å². The number of hydrogen-bond acceptors (Lipinski definition) is 3. The molecule has 3 N–H and O–H groups in total. The lowest BCUT2D eigenvalue weighted by Gasteiger charge is -2.17. The van der Waals surface area contributed by atoms with Gasteiger partial charge in [0, 0.05) is 21.3 Å². The molecule has 2 aromatic carbocycles. The van der Waals surface area contributed by atoms with Crippen molar-refractivity contribution in [3.8, 4) is 11.5 Å². The van der Waals surface area contributed by atoms with Gasteiger partial charge < -0.3 is 15.5 Å². The molecule has 0 spiro atoms. The molecule has 0 aliphatic rings. The Morgan fingerprint density at radius 1 is 1.00 bits per heavy atom. The summed E-state index contributed by atoms with van der Waals surface area (Å²) in [6.07, 6.45) is 0. The standard InChI is InChI=1S/C14H13Cl2NO2/c1-8(13-7-12(18)2-3-14(13)19)17-11-5-9(15)4-10(16)6-11/h2-8,17-19H,1H3. The molecule has 1 atom stereocenters. The van der Waals surface area contributed by atoms with Gasteiger partial charge in [0.1, 0.15) is 11.5 Å². The second kappa shape index (κ2) is 5.59. The molecule has 0 bridgehead atoms. The van der Waals surface area contributed by atoms with Crippen LogP contribution in [0.25, 0.3) is 0 Å². The van der Waals surface area contributed by atoms with E-state index in [0.29, 0.717) is 15.6 Å². The van der Waals surface area contributed by atoms with Crippen molar-refractivity contribution in [3.05, 3.63) is 52.0 Å². The van der Waals surface area contributed by atoms with Crippen molar-refractivity contribution >= 4 is 28.9 Å². The van der Waals surface area contributed by atoms with E-state index in [2.05, 4.69) is 5.32 Å². The van der Waals surface area contributed by atoms with E-state index in [4.69, 9.17) is 23.2 Å². The van der Waals surface area contributed by atoms with Crippen LogP contribution in [0.1, 0.15) is 18.5 Å². The average molecular weight is 298 g/mol. The summed E-state index contributed by atoms with van der Waals surface area (Å²) >= 11 is 11.8. The molecule has 0 heterocycles. The molecule has 3 nitrogen and oxygen atoms in total. The Morgan fingerprint density at radius 2 is 1.63 bits per heavy atom. The van der Waals surface area contributed by atoms with E-state index in [1.807, 2.05) is 6.92 Å². The van der Waals surface area contributed by atoms with Crippen molar-refractivity contribution in [3.63, 3.8) is 0 Å². The normalized spacial score (nSPS) is 12.2. The van der Waals surface area contributed by atoms with Crippen LogP contribution < -0.4 is 5.32 Å². The fraction of sp³-hybridized carbons (Fsp3) is 0.143. The second-order valence-corrected chi connectivity index (χ2v) is 5.14. The first-order chi connectivity index (χ1) is 8.95. The first kappa shape index (κ1) is 13.8. The van der Waals surface area contributed by atoms with E-state index in [9.17, 15) is 10.2 Å². The Hall–Kier alpha value is -1.58. The predicted octanol–water partition coefficient (Wildman–Crippen LogP) is 4.58. The summed E-state index contributed by atoms with van der Waals surface area (Å²) in [4.78, 5) is 0. The predicted molar refractivity (Wildman–Crippen MR) is 78.3 cm³/mol. The monoisotopic (exact) mass is 297 g/mol. The molecule has 100 valence electrons. The first-order valence-corrected chi connectivity index (χ1v) is 6.46. The maximum Gasteiger partial charge on any atom is 0.121 e. The zero-order valence-electron chi connectivity index (χ0n) is 10.2. The number of phenols is 2. The van der Waals surface area contributed by atoms with E-state index in [0.717, 1.165) is 5.69 Å². The lowest BCUT2D eigenvalue weighted by atomic mass is 10.1. The van der Waals surface area contributed by atoms with Gasteiger partial charge in [-0.15, -0.1) is 0 Å². The largest absolute Gasteiger partial charge is 0.508 e. The van der Waals surface area contributed by atoms with Crippen molar-refractivity contribution in [2.75, 3.05) is 5.32 Å². The van der Waals surface area contributed by atoms with E-state index < -0.39 is 0 Å². The van der Waals surface area contributed by atoms with Crippen LogP contribution in [0, 0.1) is 0 Å². The van der Waals surface area contributed by atoms with E-state index in [-0.39, 0.29) is 17.5 Å². The Morgan fingerprint density at radius 3 is 2.26 bits per heavy atom. The van der Waals surface area contributed by atoms with Gasteiger partial charge in [0.15, 0.2) is 0 Å². The van der Waals surface area contributed by atoms with Gasteiger partial charge in [-0.05, 0) is 43.3 Å². The third kappa shape index (κ3) is 3.46. The van der Waals surface area contributed by atoms with E-state index in [1.54, 1.807) is 18.2 Å². The van der Waals surface area contributed by atoms with Gasteiger partial charge in [-0.3, -0.25) is 0 Å². The summed E-state index contributed by atoms with van der Waals surface area (Å²) in [5.41, 5.74) is 1.34. The fourth-order valence-electron chi connectivity index (χ4n) is 1.85. The quantitative estimate of drug-likeness (QED) is 0.727. The summed E-state index contributed by atoms with van der Waals surface area (Å²) < 4.78 is 0. The van der Waals surface area contributed by atoms with Crippen LogP contribution >= 0.6 is 23.2 Å². The zero-order chi connectivity index (χ0) is 14.0. The van der Waals surface area contributed by atoms with Crippen molar-refractivity contribution < 1.29 is 10.2 Å². The van der Waals surface area contributed by atoms with Gasteiger partial charge in [-0.25, -0.2) is 0 Å². The van der Waals surface area contributed by atoms with Gasteiger partial charge in [0.2, 0.25) is 0 Å². The molecule has 0 saturated heterocycles. The number of aromatic hydroxyl groups is 2. The van der Waals surface area contributed by atoms with Crippen LogP contribution in [0.5, 0.6) is 11.5 Å². The molecule has 5 heteroatoms. The number of nitrogens with one attached hydrogen (secondary N) is 1. The molecule has 0 amide bonds. The van der Waals surface area contributed by atoms with Crippen LogP contribution in [-0.2, 0) is 0 Å². The van der Waals surface area contributed by atoms with Crippen molar-refractivity contribution in [2.24, 2.45) is 0 Å². The molecule has 19 heavy (non-hydrogen) atoms. The van der Waals surface area contributed by atoms with Crippen LogP contribution in [0.4, 0.5) is 5.69 Å². The van der Waals surface area contributed by atoms with Gasteiger partial charge >= 0.3 is 0 Å². The Balaban J connectivity index is 2.25. The fourth-order valence-corrected chi connectivity index (χ4v) is 2.38. The van der Waals surface area contributed by atoms with Crippen LogP contribution in [0.15, 0.2) is 36.4 Å². The second-order valence-electron chi connectivity index (χ2n) is 4.27. The number of rotatable bonds is 3. The maximum absolute atomic E-state index is 9.79. The minimum Gasteiger partial charge on any atom is -0.508 e. The molecule has 0 radical (unpaired) electrons. The summed E-state index contributed by atoms with van der Waals surface area (Å²) in [6.45, 7) is 1.86. The SMILES string of the molecule is CC(Nc1cc(Cl)cc(Cl)c1)c1cc(O)ccc1O. The lowest BCUT2D eigenvalue weighted by molar-refractivity contribution is 0.451. The van der Waals surface area contributed by atoms with Crippen LogP contribution in [0.3, 0.4) is 0 Å². The molecular formula is C14H13Cl2NO2. The number of hydrogen-bond donors (Lipinski definition) is 3. The number of benzene rings is 2. The molecule has 0 saturated carbocycles. The Kier molecular flexibility index (Phi) is 4.08. The topological polar surface area (TPSA) is 52.5 Å². The zero-order valence-corrected chi connectivity index (χ0v) is 11.7. The van der Waals surface area contributed by atoms with Crippen molar-refractivity contribution in [1.29, 1.82) is 0 Å². The van der Waals surface area contributed by atoms with Gasteiger partial charge in [-0.1, -0.05) is 23.2 Å². The van der Waals surface area contributed by atoms with Crippen molar-refractivity contribution in [2.45, 2.75) is 13.0 Å². The van der Waals surface area contributed by atoms with Gasteiger partial charge in [0.25, 0.3) is 0 Å². The number of anilines is 1. The molecule has 1 unspecified atom stereocenters. The maximum atomic E-state index is 9.79. The van der Waals surface area contributed by atoms with E-state index in [1.165, 1.54) is 18.2 Å². The third-order valence-electron chi connectivity index (χ3n) is 2.72. The minimum absolute atomic E-state index is 0.102. The summed E-state index contributed by atoms with van der Waals surface area (Å²) in [5, 5.41) is 23.5. The first-order valence-electron chi connectivity index (χ1n) is 5.70. The Bertz CT molecular complexity index is 582. The third-order valence-corrected chi connectivity index (χ3v) is 3.16. The summed E-state index contributed by atoms with van der Waals surface area (Å²) in [7, 11) is 0. The summed E-state index contributed by atoms with van der Waals surface area (Å²) in [6, 6.07) is 9.31. The van der Waals surface area contributed by atoms with Gasteiger partial charge in [0.05, 0.1) is 6.04 Å². The molecule has 0 aliphatic carbocycles. The number of phenolic OH excluding ortho intramolecular Hbond substituents is 2. The molecule has 2 rings (SSSR count). The number of halogens is 2.